The van der Waals surface area contributed by atoms with Crippen LogP contribution in [0.1, 0.15) is 86.8 Å². The third-order valence-electron chi connectivity index (χ3n) is 9.15. The van der Waals surface area contributed by atoms with Crippen molar-refractivity contribution in [2.45, 2.75) is 83.6 Å². The van der Waals surface area contributed by atoms with Gasteiger partial charge < -0.3 is 15.6 Å². The van der Waals surface area contributed by atoms with Gasteiger partial charge in [0.1, 0.15) is 0 Å². The second-order valence-electron chi connectivity index (χ2n) is 12.0. The van der Waals surface area contributed by atoms with E-state index in [4.69, 9.17) is 5.73 Å². The fraction of sp³-hybridized carbons (Fsp3) is 0.545. The molecule has 5 heteroatoms. The van der Waals surface area contributed by atoms with Crippen molar-refractivity contribution in [1.82, 2.24) is 9.88 Å². The monoisotopic (exact) mass is 577 g/mol. The third-order valence-corrected chi connectivity index (χ3v) is 9.64. The van der Waals surface area contributed by atoms with Crippen LogP contribution in [0, 0.1) is 24.7 Å². The van der Waals surface area contributed by atoms with Gasteiger partial charge in [-0.25, -0.2) is 0 Å². The number of halogens is 1. The van der Waals surface area contributed by atoms with Crippen molar-refractivity contribution in [1.29, 1.82) is 0 Å². The number of aromatic nitrogens is 1. The van der Waals surface area contributed by atoms with Gasteiger partial charge >= 0.3 is 0 Å². The Hall–Kier alpha value is -2.11. The molecule has 2 aliphatic rings. The van der Waals surface area contributed by atoms with E-state index in [2.05, 4.69) is 81.4 Å². The first kappa shape index (κ1) is 27.5. The number of nitrogens with zero attached hydrogens (tertiary/aromatic N) is 1. The molecule has 0 aliphatic heterocycles. The third kappa shape index (κ3) is 6.71. The number of carbonyl (C=O) groups excluding carboxylic acids is 1. The Labute approximate surface area is 236 Å². The van der Waals surface area contributed by atoms with E-state index >= 15 is 0 Å². The van der Waals surface area contributed by atoms with Gasteiger partial charge in [-0.15, -0.1) is 0 Å². The van der Waals surface area contributed by atoms with Gasteiger partial charge in [-0.1, -0.05) is 65.0 Å². The van der Waals surface area contributed by atoms with Crippen LogP contribution in [0.4, 0.5) is 0 Å². The highest BCUT2D eigenvalue weighted by molar-refractivity contribution is 9.10. The lowest BCUT2D eigenvalue weighted by atomic mass is 9.82. The molecule has 1 atom stereocenters. The molecule has 0 saturated heterocycles. The zero-order chi connectivity index (χ0) is 26.5. The second-order valence-corrected chi connectivity index (χ2v) is 12.9. The minimum atomic E-state index is 0.0206. The number of carbonyl (C=O) groups is 1. The predicted octanol–water partition coefficient (Wildman–Crippen LogP) is 7.70. The number of fused-ring (bicyclic) bond motifs is 1. The summed E-state index contributed by atoms with van der Waals surface area (Å²) in [6.45, 7) is 4.78. The van der Waals surface area contributed by atoms with Gasteiger partial charge in [0.05, 0.1) is 0 Å². The maximum Gasteiger partial charge on any atom is 0.220 e. The molecule has 1 aromatic heterocycles. The smallest absolute Gasteiger partial charge is 0.220 e. The summed E-state index contributed by atoms with van der Waals surface area (Å²) in [6, 6.07) is 15.4. The molecule has 2 saturated carbocycles. The largest absolute Gasteiger partial charge is 0.356 e. The van der Waals surface area contributed by atoms with Crippen LogP contribution in [-0.2, 0) is 11.3 Å². The van der Waals surface area contributed by atoms with E-state index in [1.807, 2.05) is 0 Å². The molecular weight excluding hydrogens is 534 g/mol. The van der Waals surface area contributed by atoms with Crippen LogP contribution in [0.3, 0.4) is 0 Å². The van der Waals surface area contributed by atoms with Crippen LogP contribution in [-0.4, -0.2) is 23.6 Å². The Morgan fingerprint density at radius 2 is 1.76 bits per heavy atom. The molecule has 2 fully saturated rings. The molecule has 1 amide bonds. The first-order valence-electron chi connectivity index (χ1n) is 14.8. The van der Waals surface area contributed by atoms with E-state index in [0.29, 0.717) is 18.3 Å². The molecule has 1 unspecified atom stereocenters. The summed E-state index contributed by atoms with van der Waals surface area (Å²) in [5.41, 5.74) is 10.9. The highest BCUT2D eigenvalue weighted by Gasteiger charge is 2.26. The van der Waals surface area contributed by atoms with E-state index in [1.165, 1.54) is 85.4 Å². The topological polar surface area (TPSA) is 60.1 Å². The normalized spacial score (nSPS) is 21.4. The quantitative estimate of drug-likeness (QED) is 0.273. The first-order valence-corrected chi connectivity index (χ1v) is 15.6. The molecule has 0 radical (unpaired) electrons. The van der Waals surface area contributed by atoms with Crippen LogP contribution < -0.4 is 11.1 Å². The summed E-state index contributed by atoms with van der Waals surface area (Å²) in [5.74, 6) is 2.16. The van der Waals surface area contributed by atoms with Crippen molar-refractivity contribution in [3.05, 3.63) is 69.8 Å². The predicted molar refractivity (Wildman–Crippen MR) is 161 cm³/mol. The van der Waals surface area contributed by atoms with E-state index < -0.39 is 0 Å². The van der Waals surface area contributed by atoms with Crippen LogP contribution in [0.5, 0.6) is 0 Å². The van der Waals surface area contributed by atoms with Gasteiger partial charge in [0.25, 0.3) is 0 Å². The maximum atomic E-state index is 13.4. The van der Waals surface area contributed by atoms with Gasteiger partial charge in [-0.2, -0.15) is 0 Å². The summed E-state index contributed by atoms with van der Waals surface area (Å²) in [7, 11) is 0. The van der Waals surface area contributed by atoms with E-state index in [9.17, 15) is 4.79 Å². The Bertz CT molecular complexity index is 1220. The van der Waals surface area contributed by atoms with Crippen LogP contribution in [0.15, 0.2) is 53.1 Å². The minimum absolute atomic E-state index is 0.0206. The molecule has 204 valence electrons. The number of hydrogen-bond acceptors (Lipinski definition) is 2. The first-order chi connectivity index (χ1) is 18.5. The molecular formula is C33H44BrN3O. The molecule has 3 N–H and O–H groups in total. The highest BCUT2D eigenvalue weighted by atomic mass is 79.9. The van der Waals surface area contributed by atoms with Crippen molar-refractivity contribution in [2.75, 3.05) is 13.1 Å². The van der Waals surface area contributed by atoms with Gasteiger partial charge in [-0.05, 0) is 99.1 Å². The molecule has 3 aromatic rings. The molecule has 2 aromatic carbocycles. The number of aryl methyl sites for hydroxylation is 1. The van der Waals surface area contributed by atoms with Crippen molar-refractivity contribution in [3.63, 3.8) is 0 Å². The van der Waals surface area contributed by atoms with Gasteiger partial charge in [0.15, 0.2) is 0 Å². The average Bonchev–Trinajstić information content (AvgIpc) is 3.28. The number of amides is 1. The fourth-order valence-corrected chi connectivity index (χ4v) is 7.22. The van der Waals surface area contributed by atoms with Crippen molar-refractivity contribution >= 4 is 32.7 Å². The molecule has 0 spiro atoms. The second kappa shape index (κ2) is 12.8. The van der Waals surface area contributed by atoms with Gasteiger partial charge in [0.2, 0.25) is 5.91 Å². The van der Waals surface area contributed by atoms with Crippen molar-refractivity contribution in [2.24, 2.45) is 23.5 Å². The van der Waals surface area contributed by atoms with Crippen LogP contribution >= 0.6 is 15.9 Å². The van der Waals surface area contributed by atoms with Crippen molar-refractivity contribution < 1.29 is 4.79 Å². The number of benzene rings is 2. The number of nitrogens with one attached hydrogen (secondary N) is 1. The summed E-state index contributed by atoms with van der Waals surface area (Å²) < 4.78 is 3.56. The summed E-state index contributed by atoms with van der Waals surface area (Å²) in [4.78, 5) is 13.4. The van der Waals surface area contributed by atoms with Gasteiger partial charge in [-0.3, -0.25) is 4.79 Å². The minimum Gasteiger partial charge on any atom is -0.356 e. The molecule has 1 heterocycles. The van der Waals surface area contributed by atoms with Crippen molar-refractivity contribution in [3.8, 4) is 0 Å². The van der Waals surface area contributed by atoms with Gasteiger partial charge in [0, 0.05) is 47.0 Å². The van der Waals surface area contributed by atoms with E-state index in [1.54, 1.807) is 0 Å². The lowest BCUT2D eigenvalue weighted by Crippen LogP contribution is -2.33. The molecule has 5 rings (SSSR count). The number of nitrogens with two attached hydrogens (primary N) is 1. The Kier molecular flexibility index (Phi) is 9.27. The Morgan fingerprint density at radius 1 is 1.00 bits per heavy atom. The lowest BCUT2D eigenvalue weighted by molar-refractivity contribution is -0.121. The van der Waals surface area contributed by atoms with Crippen LogP contribution in [0.2, 0.25) is 0 Å². The fourth-order valence-electron chi connectivity index (χ4n) is 6.85. The van der Waals surface area contributed by atoms with E-state index in [0.717, 1.165) is 30.0 Å². The maximum absolute atomic E-state index is 13.4. The number of rotatable bonds is 9. The summed E-state index contributed by atoms with van der Waals surface area (Å²) >= 11 is 3.72. The Balaban J connectivity index is 1.40. The molecule has 0 bridgehead atoms. The summed E-state index contributed by atoms with van der Waals surface area (Å²) in [6.07, 6.45) is 14.3. The van der Waals surface area contributed by atoms with Crippen LogP contribution in [0.25, 0.3) is 10.9 Å². The Morgan fingerprint density at radius 3 is 2.50 bits per heavy atom. The zero-order valence-corrected chi connectivity index (χ0v) is 24.5. The highest BCUT2D eigenvalue weighted by Crippen LogP contribution is 2.38. The van der Waals surface area contributed by atoms with E-state index in [-0.39, 0.29) is 11.8 Å². The molecule has 2 aliphatic carbocycles. The molecule has 38 heavy (non-hydrogen) atoms. The SMILES string of the molecule is Cc1cccc(C(CC(=O)NCC2CCC(CN)CC2)c2cn(CC3CCCCC3)c3ccc(Br)cc23)c1. The molecule has 4 nitrogen and oxygen atoms in total. The standard InChI is InChI=1S/C33H44BrN3O/c1-23-6-5-9-27(16-23)29(18-33(38)36-20-25-12-10-24(19-35)11-13-25)31-22-37(21-26-7-3-2-4-8-26)32-15-14-28(34)17-30(31)32/h5-6,9,14-17,22,24-26,29H,2-4,7-8,10-13,18-21,35H2,1H3,(H,36,38). The number of hydrogen-bond donors (Lipinski definition) is 2. The summed E-state index contributed by atoms with van der Waals surface area (Å²) in [5, 5.41) is 4.57. The zero-order valence-electron chi connectivity index (χ0n) is 22.9. The average molecular weight is 579 g/mol. The lowest BCUT2D eigenvalue weighted by Gasteiger charge is -2.28.